The summed E-state index contributed by atoms with van der Waals surface area (Å²) in [5.74, 6) is 0.730. The normalized spacial score (nSPS) is 11.0. The average molecular weight is 311 g/mol. The number of aromatic nitrogens is 2. The molecule has 0 spiro atoms. The first-order valence-corrected chi connectivity index (χ1v) is 7.87. The van der Waals surface area contributed by atoms with Crippen LogP contribution in [0.3, 0.4) is 0 Å². The van der Waals surface area contributed by atoms with Crippen molar-refractivity contribution in [3.8, 4) is 0 Å². The zero-order valence-electron chi connectivity index (χ0n) is 13.5. The van der Waals surface area contributed by atoms with Crippen LogP contribution in [-0.4, -0.2) is 22.2 Å². The van der Waals surface area contributed by atoms with Gasteiger partial charge in [0.05, 0.1) is 12.1 Å². The first-order valence-electron chi connectivity index (χ1n) is 7.87. The second kappa shape index (κ2) is 6.69. The molecular formula is C18H21N3O2. The molecule has 0 saturated heterocycles. The van der Waals surface area contributed by atoms with Crippen molar-refractivity contribution in [2.45, 2.75) is 33.2 Å². The highest BCUT2D eigenvalue weighted by molar-refractivity contribution is 5.80. The minimum absolute atomic E-state index is 0.0109. The van der Waals surface area contributed by atoms with Gasteiger partial charge >= 0.3 is 0 Å². The summed E-state index contributed by atoms with van der Waals surface area (Å²) in [6, 6.07) is 10.4. The fraction of sp³-hybridized carbons (Fsp3) is 0.333. The maximum Gasteiger partial charge on any atom is 0.224 e. The second-order valence-corrected chi connectivity index (χ2v) is 5.75. The molecule has 23 heavy (non-hydrogen) atoms. The number of carbonyl (C=O) groups is 1. The lowest BCUT2D eigenvalue weighted by Gasteiger charge is -2.07. The molecule has 3 aromatic rings. The number of nitrogens with one attached hydrogen (secondary N) is 1. The largest absolute Gasteiger partial charge is 0.361 e. The van der Waals surface area contributed by atoms with Crippen LogP contribution in [0.5, 0.6) is 0 Å². The van der Waals surface area contributed by atoms with Crippen LogP contribution in [0.15, 0.2) is 41.1 Å². The molecule has 2 aromatic heterocycles. The lowest BCUT2D eigenvalue weighted by molar-refractivity contribution is -0.120. The van der Waals surface area contributed by atoms with E-state index in [1.54, 1.807) is 0 Å². The molecule has 5 nitrogen and oxygen atoms in total. The van der Waals surface area contributed by atoms with Gasteiger partial charge in [0.1, 0.15) is 5.76 Å². The number of hydrogen-bond acceptors (Lipinski definition) is 3. The van der Waals surface area contributed by atoms with Gasteiger partial charge in [0.15, 0.2) is 0 Å². The fourth-order valence-electron chi connectivity index (χ4n) is 2.79. The summed E-state index contributed by atoms with van der Waals surface area (Å²) in [4.78, 5) is 12.0. The number of hydrogen-bond donors (Lipinski definition) is 1. The average Bonchev–Trinajstić information content (AvgIpc) is 3.10. The molecule has 0 aliphatic heterocycles. The molecule has 0 fully saturated rings. The molecule has 0 saturated carbocycles. The van der Waals surface area contributed by atoms with Crippen LogP contribution in [0.4, 0.5) is 0 Å². The standard InChI is InChI=1S/C18H21N3O2/c1-13-16(14(2)23-20-13)12-18(22)19-9-5-10-21-11-8-15-6-3-4-7-17(15)21/h3-4,6-8,11H,5,9-10,12H2,1-2H3,(H,19,22). The number of nitrogens with zero attached hydrogens (tertiary/aromatic N) is 2. The summed E-state index contributed by atoms with van der Waals surface area (Å²) in [5, 5.41) is 8.08. The van der Waals surface area contributed by atoms with Crippen LogP contribution < -0.4 is 5.32 Å². The minimum atomic E-state index is 0.0109. The molecule has 1 amide bonds. The van der Waals surface area contributed by atoms with Gasteiger partial charge in [-0.3, -0.25) is 4.79 Å². The van der Waals surface area contributed by atoms with Crippen molar-refractivity contribution >= 4 is 16.8 Å². The van der Waals surface area contributed by atoms with Crippen molar-refractivity contribution in [2.24, 2.45) is 0 Å². The first kappa shape index (κ1) is 15.3. The number of rotatable bonds is 6. The maximum atomic E-state index is 12.0. The molecule has 5 heteroatoms. The molecule has 1 N–H and O–H groups in total. The Kier molecular flexibility index (Phi) is 4.46. The minimum Gasteiger partial charge on any atom is -0.361 e. The Bertz CT molecular complexity index is 797. The fourth-order valence-corrected chi connectivity index (χ4v) is 2.79. The lowest BCUT2D eigenvalue weighted by atomic mass is 10.1. The summed E-state index contributed by atoms with van der Waals surface area (Å²) < 4.78 is 7.30. The Labute approximate surface area is 135 Å². The van der Waals surface area contributed by atoms with Crippen LogP contribution in [0, 0.1) is 13.8 Å². The molecule has 0 unspecified atom stereocenters. The summed E-state index contributed by atoms with van der Waals surface area (Å²) in [6.07, 6.45) is 3.32. The van der Waals surface area contributed by atoms with Gasteiger partial charge in [0.25, 0.3) is 0 Å². The zero-order chi connectivity index (χ0) is 16.2. The monoisotopic (exact) mass is 311 g/mol. The van der Waals surface area contributed by atoms with Crippen molar-refractivity contribution < 1.29 is 9.32 Å². The number of fused-ring (bicyclic) bond motifs is 1. The van der Waals surface area contributed by atoms with Crippen LogP contribution in [0.25, 0.3) is 10.9 Å². The quantitative estimate of drug-likeness (QED) is 0.712. The highest BCUT2D eigenvalue weighted by Crippen LogP contribution is 2.15. The Morgan fingerprint density at radius 3 is 2.87 bits per heavy atom. The predicted octanol–water partition coefficient (Wildman–Crippen LogP) is 3.00. The Balaban J connectivity index is 1.47. The van der Waals surface area contributed by atoms with E-state index in [1.807, 2.05) is 26.0 Å². The molecular weight excluding hydrogens is 290 g/mol. The van der Waals surface area contributed by atoms with Crippen LogP contribution >= 0.6 is 0 Å². The summed E-state index contributed by atoms with van der Waals surface area (Å²) in [6.45, 7) is 5.24. The molecule has 0 radical (unpaired) electrons. The van der Waals surface area contributed by atoms with Gasteiger partial charge < -0.3 is 14.4 Å². The third-order valence-electron chi connectivity index (χ3n) is 4.10. The molecule has 2 heterocycles. The molecule has 3 rings (SSSR count). The summed E-state index contributed by atoms with van der Waals surface area (Å²) in [7, 11) is 0. The van der Waals surface area contributed by atoms with E-state index in [1.165, 1.54) is 10.9 Å². The van der Waals surface area contributed by atoms with E-state index in [0.29, 0.717) is 13.0 Å². The number of carbonyl (C=O) groups excluding carboxylic acids is 1. The summed E-state index contributed by atoms with van der Waals surface area (Å²) in [5.41, 5.74) is 2.91. The predicted molar refractivity (Wildman–Crippen MR) is 89.2 cm³/mol. The van der Waals surface area contributed by atoms with Gasteiger partial charge in [-0.05, 0) is 37.8 Å². The highest BCUT2D eigenvalue weighted by Gasteiger charge is 2.12. The number of benzene rings is 1. The van der Waals surface area contributed by atoms with Gasteiger partial charge in [-0.2, -0.15) is 0 Å². The third-order valence-corrected chi connectivity index (χ3v) is 4.10. The van der Waals surface area contributed by atoms with Crippen LogP contribution in [0.2, 0.25) is 0 Å². The van der Waals surface area contributed by atoms with Crippen molar-refractivity contribution in [1.29, 1.82) is 0 Å². The number of para-hydroxylation sites is 1. The van der Waals surface area contributed by atoms with E-state index < -0.39 is 0 Å². The van der Waals surface area contributed by atoms with Gasteiger partial charge in [0, 0.05) is 30.4 Å². The smallest absolute Gasteiger partial charge is 0.224 e. The molecule has 0 atom stereocenters. The van der Waals surface area contributed by atoms with Gasteiger partial charge in [-0.15, -0.1) is 0 Å². The van der Waals surface area contributed by atoms with E-state index in [9.17, 15) is 4.79 Å². The Morgan fingerprint density at radius 1 is 1.26 bits per heavy atom. The third kappa shape index (κ3) is 3.44. The van der Waals surface area contributed by atoms with Crippen LogP contribution in [0.1, 0.15) is 23.4 Å². The van der Waals surface area contributed by atoms with Crippen LogP contribution in [-0.2, 0) is 17.8 Å². The topological polar surface area (TPSA) is 60.1 Å². The van der Waals surface area contributed by atoms with Crippen molar-refractivity contribution in [3.63, 3.8) is 0 Å². The zero-order valence-corrected chi connectivity index (χ0v) is 13.5. The van der Waals surface area contributed by atoms with E-state index in [2.05, 4.69) is 39.4 Å². The van der Waals surface area contributed by atoms with Crippen molar-refractivity contribution in [2.75, 3.05) is 6.54 Å². The second-order valence-electron chi connectivity index (χ2n) is 5.75. The van der Waals surface area contributed by atoms with Crippen molar-refractivity contribution in [3.05, 3.63) is 53.5 Å². The van der Waals surface area contributed by atoms with Crippen molar-refractivity contribution in [1.82, 2.24) is 15.0 Å². The Morgan fingerprint density at radius 2 is 2.09 bits per heavy atom. The highest BCUT2D eigenvalue weighted by atomic mass is 16.5. The number of amides is 1. The molecule has 0 aliphatic rings. The Hall–Kier alpha value is -2.56. The molecule has 120 valence electrons. The molecule has 0 bridgehead atoms. The lowest BCUT2D eigenvalue weighted by Crippen LogP contribution is -2.27. The number of aryl methyl sites for hydroxylation is 3. The summed E-state index contributed by atoms with van der Waals surface area (Å²) >= 11 is 0. The van der Waals surface area contributed by atoms with Gasteiger partial charge in [0.2, 0.25) is 5.91 Å². The van der Waals surface area contributed by atoms with Gasteiger partial charge in [-0.25, -0.2) is 0 Å². The van der Waals surface area contributed by atoms with E-state index in [4.69, 9.17) is 4.52 Å². The van der Waals surface area contributed by atoms with Gasteiger partial charge in [-0.1, -0.05) is 23.4 Å². The van der Waals surface area contributed by atoms with E-state index in [-0.39, 0.29) is 5.91 Å². The maximum absolute atomic E-state index is 12.0. The van der Waals surface area contributed by atoms with E-state index >= 15 is 0 Å². The molecule has 0 aliphatic carbocycles. The van der Waals surface area contributed by atoms with E-state index in [0.717, 1.165) is 30.0 Å². The SMILES string of the molecule is Cc1noc(C)c1CC(=O)NCCCn1ccc2ccccc21. The molecule has 1 aromatic carbocycles. The first-order chi connectivity index (χ1) is 11.1.